The first kappa shape index (κ1) is 17.1. The van der Waals surface area contributed by atoms with Crippen molar-refractivity contribution < 1.29 is 14.2 Å². The van der Waals surface area contributed by atoms with Gasteiger partial charge in [0.25, 0.3) is 0 Å². The highest BCUT2D eigenvalue weighted by Gasteiger charge is 2.16. The van der Waals surface area contributed by atoms with Crippen molar-refractivity contribution in [2.45, 2.75) is 19.4 Å². The summed E-state index contributed by atoms with van der Waals surface area (Å²) >= 11 is 0. The molecule has 0 amide bonds. The van der Waals surface area contributed by atoms with Gasteiger partial charge in [0.1, 0.15) is 6.07 Å². The Morgan fingerprint density at radius 2 is 1.88 bits per heavy atom. The molecule has 2 heterocycles. The van der Waals surface area contributed by atoms with Crippen molar-refractivity contribution in [2.24, 2.45) is 0 Å². The number of likely N-dealkylation sites (tertiary alicyclic amines) is 1. The molecule has 25 heavy (non-hydrogen) atoms. The Labute approximate surface area is 147 Å². The van der Waals surface area contributed by atoms with Crippen molar-refractivity contribution in [2.75, 3.05) is 27.3 Å². The molecular weight excluding hydrogens is 318 g/mol. The SMILES string of the molecule is COc1cc(CN2CCCC2)ccc1Oc1ccnc(OC)c1C#N. The zero-order valence-corrected chi connectivity index (χ0v) is 14.5. The molecule has 1 aromatic heterocycles. The molecule has 1 saturated heterocycles. The van der Waals surface area contributed by atoms with Gasteiger partial charge in [0.05, 0.1) is 14.2 Å². The number of pyridine rings is 1. The number of benzene rings is 1. The highest BCUT2D eigenvalue weighted by molar-refractivity contribution is 5.52. The van der Waals surface area contributed by atoms with Crippen molar-refractivity contribution in [3.05, 3.63) is 41.6 Å². The number of hydrogen-bond donors (Lipinski definition) is 0. The van der Waals surface area contributed by atoms with Crippen LogP contribution in [-0.2, 0) is 6.54 Å². The number of aromatic nitrogens is 1. The highest BCUT2D eigenvalue weighted by atomic mass is 16.5. The van der Waals surface area contributed by atoms with Crippen LogP contribution in [0.3, 0.4) is 0 Å². The lowest BCUT2D eigenvalue weighted by Crippen LogP contribution is -2.18. The van der Waals surface area contributed by atoms with Gasteiger partial charge in [0, 0.05) is 18.8 Å². The normalized spacial score (nSPS) is 14.1. The predicted octanol–water partition coefficient (Wildman–Crippen LogP) is 3.36. The van der Waals surface area contributed by atoms with E-state index in [4.69, 9.17) is 14.2 Å². The van der Waals surface area contributed by atoms with Crippen LogP contribution in [0.2, 0.25) is 0 Å². The third-order valence-electron chi connectivity index (χ3n) is 4.24. The number of nitrogens with zero attached hydrogens (tertiary/aromatic N) is 3. The smallest absolute Gasteiger partial charge is 0.235 e. The van der Waals surface area contributed by atoms with E-state index in [9.17, 15) is 5.26 Å². The highest BCUT2D eigenvalue weighted by Crippen LogP contribution is 2.35. The number of hydrogen-bond acceptors (Lipinski definition) is 6. The van der Waals surface area contributed by atoms with E-state index in [0.29, 0.717) is 17.2 Å². The average Bonchev–Trinajstić information content (AvgIpc) is 3.15. The Balaban J connectivity index is 1.84. The Hall–Kier alpha value is -2.78. The van der Waals surface area contributed by atoms with E-state index < -0.39 is 0 Å². The van der Waals surface area contributed by atoms with E-state index in [1.54, 1.807) is 19.4 Å². The molecule has 0 spiro atoms. The molecule has 1 aliphatic heterocycles. The zero-order valence-electron chi connectivity index (χ0n) is 14.5. The number of methoxy groups -OCH3 is 2. The second kappa shape index (κ2) is 7.86. The lowest BCUT2D eigenvalue weighted by atomic mass is 10.2. The maximum absolute atomic E-state index is 9.35. The van der Waals surface area contributed by atoms with Crippen LogP contribution in [-0.4, -0.2) is 37.2 Å². The quantitative estimate of drug-likeness (QED) is 0.804. The van der Waals surface area contributed by atoms with Crippen molar-refractivity contribution >= 4 is 0 Å². The van der Waals surface area contributed by atoms with E-state index in [1.165, 1.54) is 25.5 Å². The standard InChI is InChI=1S/C19H21N3O3/c1-23-18-11-14(13-22-9-3-4-10-22)5-6-17(18)25-16-7-8-21-19(24-2)15(16)12-20/h5-8,11H,3-4,9-10,13H2,1-2H3. The molecule has 130 valence electrons. The molecule has 0 N–H and O–H groups in total. The summed E-state index contributed by atoms with van der Waals surface area (Å²) in [6.45, 7) is 3.19. The minimum atomic E-state index is 0.240. The Morgan fingerprint density at radius 1 is 1.08 bits per heavy atom. The molecule has 6 heteroatoms. The van der Waals surface area contributed by atoms with Crippen LogP contribution in [0.1, 0.15) is 24.0 Å². The van der Waals surface area contributed by atoms with Gasteiger partial charge >= 0.3 is 0 Å². The van der Waals surface area contributed by atoms with Gasteiger partial charge in [-0.25, -0.2) is 4.98 Å². The van der Waals surface area contributed by atoms with Gasteiger partial charge in [-0.3, -0.25) is 4.90 Å². The molecular formula is C19H21N3O3. The molecule has 0 unspecified atom stereocenters. The van der Waals surface area contributed by atoms with Gasteiger partial charge in [0.2, 0.25) is 5.88 Å². The fourth-order valence-corrected chi connectivity index (χ4v) is 2.98. The van der Waals surface area contributed by atoms with Crippen LogP contribution < -0.4 is 14.2 Å². The summed E-state index contributed by atoms with van der Waals surface area (Å²) < 4.78 is 16.5. The van der Waals surface area contributed by atoms with Gasteiger partial charge in [-0.05, 0) is 43.6 Å². The molecule has 2 aromatic rings. The Morgan fingerprint density at radius 3 is 2.56 bits per heavy atom. The summed E-state index contributed by atoms with van der Waals surface area (Å²) in [6, 6.07) is 9.60. The monoisotopic (exact) mass is 339 g/mol. The fraction of sp³-hybridized carbons (Fsp3) is 0.368. The second-order valence-corrected chi connectivity index (χ2v) is 5.88. The number of rotatable bonds is 6. The van der Waals surface area contributed by atoms with Crippen LogP contribution in [0, 0.1) is 11.3 Å². The third kappa shape index (κ3) is 3.83. The summed E-state index contributed by atoms with van der Waals surface area (Å²) in [7, 11) is 3.08. The van der Waals surface area contributed by atoms with Crippen LogP contribution in [0.15, 0.2) is 30.5 Å². The first-order valence-corrected chi connectivity index (χ1v) is 8.25. The van der Waals surface area contributed by atoms with Gasteiger partial charge in [-0.2, -0.15) is 5.26 Å². The largest absolute Gasteiger partial charge is 0.493 e. The van der Waals surface area contributed by atoms with Gasteiger partial charge in [-0.15, -0.1) is 0 Å². The second-order valence-electron chi connectivity index (χ2n) is 5.88. The van der Waals surface area contributed by atoms with Crippen molar-refractivity contribution in [1.29, 1.82) is 5.26 Å². The lowest BCUT2D eigenvalue weighted by Gasteiger charge is -2.17. The first-order valence-electron chi connectivity index (χ1n) is 8.25. The summed E-state index contributed by atoms with van der Waals surface area (Å²) in [5.74, 6) is 1.82. The van der Waals surface area contributed by atoms with Crippen LogP contribution in [0.5, 0.6) is 23.1 Å². The molecule has 3 rings (SSSR count). The minimum absolute atomic E-state index is 0.240. The Bertz CT molecular complexity index is 780. The average molecular weight is 339 g/mol. The van der Waals surface area contributed by atoms with Crippen molar-refractivity contribution in [3.63, 3.8) is 0 Å². The van der Waals surface area contributed by atoms with E-state index in [2.05, 4.69) is 16.0 Å². The molecule has 1 aliphatic rings. The summed E-state index contributed by atoms with van der Waals surface area (Å²) in [5, 5.41) is 9.35. The van der Waals surface area contributed by atoms with E-state index >= 15 is 0 Å². The summed E-state index contributed by atoms with van der Waals surface area (Å²) in [5.41, 5.74) is 1.44. The Kier molecular flexibility index (Phi) is 5.36. The molecule has 0 saturated carbocycles. The van der Waals surface area contributed by atoms with E-state index in [0.717, 1.165) is 19.6 Å². The van der Waals surface area contributed by atoms with Crippen LogP contribution >= 0.6 is 0 Å². The minimum Gasteiger partial charge on any atom is -0.493 e. The zero-order chi connectivity index (χ0) is 17.6. The predicted molar refractivity (Wildman–Crippen MR) is 93.1 cm³/mol. The van der Waals surface area contributed by atoms with E-state index in [1.807, 2.05) is 18.2 Å². The summed E-state index contributed by atoms with van der Waals surface area (Å²) in [4.78, 5) is 6.45. The number of nitriles is 1. The molecule has 6 nitrogen and oxygen atoms in total. The van der Waals surface area contributed by atoms with Gasteiger partial charge in [-0.1, -0.05) is 6.07 Å². The van der Waals surface area contributed by atoms with Gasteiger partial charge in [0.15, 0.2) is 22.8 Å². The molecule has 1 fully saturated rings. The molecule has 0 atom stereocenters. The first-order chi connectivity index (χ1) is 12.2. The van der Waals surface area contributed by atoms with Crippen LogP contribution in [0.4, 0.5) is 0 Å². The topological polar surface area (TPSA) is 67.6 Å². The van der Waals surface area contributed by atoms with Crippen LogP contribution in [0.25, 0.3) is 0 Å². The van der Waals surface area contributed by atoms with Gasteiger partial charge < -0.3 is 14.2 Å². The maximum Gasteiger partial charge on any atom is 0.235 e. The number of ether oxygens (including phenoxy) is 3. The molecule has 0 bridgehead atoms. The maximum atomic E-state index is 9.35. The lowest BCUT2D eigenvalue weighted by molar-refractivity contribution is 0.329. The molecule has 1 aromatic carbocycles. The molecule has 0 radical (unpaired) electrons. The van der Waals surface area contributed by atoms with E-state index in [-0.39, 0.29) is 11.4 Å². The fourth-order valence-electron chi connectivity index (χ4n) is 2.98. The third-order valence-corrected chi connectivity index (χ3v) is 4.24. The summed E-state index contributed by atoms with van der Waals surface area (Å²) in [6.07, 6.45) is 4.07. The van der Waals surface area contributed by atoms with Crippen molar-refractivity contribution in [3.8, 4) is 29.2 Å². The molecule has 0 aliphatic carbocycles. The van der Waals surface area contributed by atoms with Crippen molar-refractivity contribution in [1.82, 2.24) is 9.88 Å².